The number of nitrogens with one attached hydrogen (secondary N) is 1. The van der Waals surface area contributed by atoms with Crippen molar-refractivity contribution in [2.45, 2.75) is 18.2 Å². The number of sulfonamides is 1. The van der Waals surface area contributed by atoms with E-state index in [9.17, 15) is 12.8 Å². The van der Waals surface area contributed by atoms with Crippen LogP contribution in [0.15, 0.2) is 47.4 Å². The lowest BCUT2D eigenvalue weighted by atomic mass is 10.1. The normalized spacial score (nSPS) is 11.5. The maximum Gasteiger partial charge on any atom is 0.240 e. The fraction of sp³-hybridized carbons (Fsp3) is 0.200. The van der Waals surface area contributed by atoms with Crippen LogP contribution >= 0.6 is 0 Å². The second-order valence-corrected chi connectivity index (χ2v) is 6.50. The van der Waals surface area contributed by atoms with Crippen molar-refractivity contribution in [1.29, 1.82) is 0 Å². The number of benzene rings is 2. The van der Waals surface area contributed by atoms with Crippen molar-refractivity contribution < 1.29 is 12.8 Å². The molecule has 0 heterocycles. The SMILES string of the molecule is Cc1cc(N)ccc1S(=O)(=O)NCCc1ccccc1F. The maximum atomic E-state index is 13.4. The van der Waals surface area contributed by atoms with Crippen LogP contribution in [0.1, 0.15) is 11.1 Å². The van der Waals surface area contributed by atoms with Crippen LogP contribution in [0.2, 0.25) is 0 Å². The molecule has 2 aromatic rings. The van der Waals surface area contributed by atoms with Gasteiger partial charge in [-0.15, -0.1) is 0 Å². The Bertz CT molecular complexity index is 745. The van der Waals surface area contributed by atoms with Crippen molar-refractivity contribution in [3.63, 3.8) is 0 Å². The van der Waals surface area contributed by atoms with E-state index in [1.54, 1.807) is 37.3 Å². The Morgan fingerprint density at radius 1 is 1.19 bits per heavy atom. The first kappa shape index (κ1) is 15.5. The molecule has 0 aromatic heterocycles. The number of nitrogen functional groups attached to an aromatic ring is 1. The van der Waals surface area contributed by atoms with Crippen LogP contribution in [0.25, 0.3) is 0 Å². The summed E-state index contributed by atoms with van der Waals surface area (Å²) < 4.78 is 40.3. The summed E-state index contributed by atoms with van der Waals surface area (Å²) in [6.45, 7) is 1.81. The van der Waals surface area contributed by atoms with Gasteiger partial charge in [0.15, 0.2) is 0 Å². The zero-order valence-electron chi connectivity index (χ0n) is 11.6. The van der Waals surface area contributed by atoms with Crippen LogP contribution < -0.4 is 10.5 Å². The minimum absolute atomic E-state index is 0.132. The Hall–Kier alpha value is -1.92. The molecule has 0 atom stereocenters. The maximum absolute atomic E-state index is 13.4. The van der Waals surface area contributed by atoms with Crippen molar-refractivity contribution >= 4 is 15.7 Å². The van der Waals surface area contributed by atoms with E-state index in [0.717, 1.165) is 0 Å². The standard InChI is InChI=1S/C15H17FN2O2S/c1-11-10-13(17)6-7-15(11)21(19,20)18-9-8-12-4-2-3-5-14(12)16/h2-7,10,18H,8-9,17H2,1H3. The number of halogens is 1. The highest BCUT2D eigenvalue weighted by Gasteiger charge is 2.16. The van der Waals surface area contributed by atoms with E-state index in [1.807, 2.05) is 0 Å². The van der Waals surface area contributed by atoms with Gasteiger partial charge in [-0.1, -0.05) is 18.2 Å². The molecular weight excluding hydrogens is 291 g/mol. The van der Waals surface area contributed by atoms with Crippen molar-refractivity contribution in [3.8, 4) is 0 Å². The third-order valence-electron chi connectivity index (χ3n) is 3.13. The summed E-state index contributed by atoms with van der Waals surface area (Å²) in [6.07, 6.45) is 0.292. The van der Waals surface area contributed by atoms with Crippen molar-refractivity contribution in [3.05, 3.63) is 59.4 Å². The predicted molar refractivity (Wildman–Crippen MR) is 80.9 cm³/mol. The molecule has 0 aliphatic rings. The van der Waals surface area contributed by atoms with Gasteiger partial charge in [0.05, 0.1) is 4.90 Å². The van der Waals surface area contributed by atoms with E-state index in [-0.39, 0.29) is 17.3 Å². The number of rotatable bonds is 5. The molecule has 0 spiro atoms. The summed E-state index contributed by atoms with van der Waals surface area (Å²) in [4.78, 5) is 0.185. The van der Waals surface area contributed by atoms with Crippen molar-refractivity contribution in [2.75, 3.05) is 12.3 Å². The molecule has 0 saturated heterocycles. The van der Waals surface area contributed by atoms with Gasteiger partial charge in [0, 0.05) is 12.2 Å². The third kappa shape index (κ3) is 3.80. The molecule has 0 bridgehead atoms. The van der Waals surface area contributed by atoms with Gasteiger partial charge < -0.3 is 5.73 Å². The van der Waals surface area contributed by atoms with Gasteiger partial charge in [0.25, 0.3) is 0 Å². The van der Waals surface area contributed by atoms with E-state index >= 15 is 0 Å². The minimum atomic E-state index is -3.62. The van der Waals surface area contributed by atoms with Crippen LogP contribution in [-0.4, -0.2) is 15.0 Å². The molecule has 0 fully saturated rings. The molecule has 0 saturated carbocycles. The Labute approximate surface area is 123 Å². The Morgan fingerprint density at radius 2 is 1.90 bits per heavy atom. The zero-order valence-corrected chi connectivity index (χ0v) is 12.5. The molecule has 2 rings (SSSR count). The molecule has 0 aliphatic heterocycles. The molecule has 2 aromatic carbocycles. The van der Waals surface area contributed by atoms with Crippen LogP contribution in [0.4, 0.5) is 10.1 Å². The molecule has 112 valence electrons. The van der Waals surface area contributed by atoms with E-state index in [2.05, 4.69) is 4.72 Å². The van der Waals surface area contributed by atoms with E-state index in [1.165, 1.54) is 12.1 Å². The van der Waals surface area contributed by atoms with Gasteiger partial charge >= 0.3 is 0 Å². The fourth-order valence-electron chi connectivity index (χ4n) is 2.07. The minimum Gasteiger partial charge on any atom is -0.399 e. The number of aryl methyl sites for hydroxylation is 1. The molecule has 3 N–H and O–H groups in total. The van der Waals surface area contributed by atoms with E-state index in [0.29, 0.717) is 23.2 Å². The summed E-state index contributed by atoms with van der Waals surface area (Å²) in [5.41, 5.74) is 7.18. The van der Waals surface area contributed by atoms with Gasteiger partial charge in [0.1, 0.15) is 5.82 Å². The monoisotopic (exact) mass is 308 g/mol. The second kappa shape index (κ2) is 6.24. The average Bonchev–Trinajstić information content (AvgIpc) is 2.40. The molecule has 0 aliphatic carbocycles. The summed E-state index contributed by atoms with van der Waals surface area (Å²) in [5, 5.41) is 0. The second-order valence-electron chi connectivity index (χ2n) is 4.76. The molecule has 6 heteroatoms. The molecule has 0 radical (unpaired) electrons. The van der Waals surface area contributed by atoms with Crippen LogP contribution in [0, 0.1) is 12.7 Å². The lowest BCUT2D eigenvalue weighted by Gasteiger charge is -2.10. The Kier molecular flexibility index (Phi) is 4.59. The zero-order chi connectivity index (χ0) is 15.5. The highest BCUT2D eigenvalue weighted by molar-refractivity contribution is 7.89. The van der Waals surface area contributed by atoms with Crippen LogP contribution in [-0.2, 0) is 16.4 Å². The fourth-order valence-corrected chi connectivity index (χ4v) is 3.33. The molecule has 0 unspecified atom stereocenters. The first-order valence-electron chi connectivity index (χ1n) is 6.49. The van der Waals surface area contributed by atoms with Gasteiger partial charge in [-0.25, -0.2) is 17.5 Å². The molecule has 4 nitrogen and oxygen atoms in total. The average molecular weight is 308 g/mol. The summed E-state index contributed by atoms with van der Waals surface area (Å²) in [6, 6.07) is 10.9. The molecule has 0 amide bonds. The number of nitrogens with two attached hydrogens (primary N) is 1. The lowest BCUT2D eigenvalue weighted by Crippen LogP contribution is -2.26. The van der Waals surface area contributed by atoms with E-state index < -0.39 is 10.0 Å². The van der Waals surface area contributed by atoms with Crippen LogP contribution in [0.3, 0.4) is 0 Å². The van der Waals surface area contributed by atoms with Gasteiger partial charge in [0.2, 0.25) is 10.0 Å². The largest absolute Gasteiger partial charge is 0.399 e. The first-order valence-corrected chi connectivity index (χ1v) is 7.97. The topological polar surface area (TPSA) is 72.2 Å². The van der Waals surface area contributed by atoms with Crippen molar-refractivity contribution in [2.24, 2.45) is 0 Å². The van der Waals surface area contributed by atoms with Crippen LogP contribution in [0.5, 0.6) is 0 Å². The van der Waals surface area contributed by atoms with E-state index in [4.69, 9.17) is 5.73 Å². The summed E-state index contributed by atoms with van der Waals surface area (Å²) >= 11 is 0. The molecule has 21 heavy (non-hydrogen) atoms. The Balaban J connectivity index is 2.07. The van der Waals surface area contributed by atoms with Gasteiger partial charge in [-0.3, -0.25) is 0 Å². The molecular formula is C15H17FN2O2S. The predicted octanol–water partition coefficient (Wildman–Crippen LogP) is 2.24. The van der Waals surface area contributed by atoms with Gasteiger partial charge in [-0.05, 0) is 48.7 Å². The van der Waals surface area contributed by atoms with Gasteiger partial charge in [-0.2, -0.15) is 0 Å². The smallest absolute Gasteiger partial charge is 0.240 e. The Morgan fingerprint density at radius 3 is 2.57 bits per heavy atom. The van der Waals surface area contributed by atoms with Crippen molar-refractivity contribution in [1.82, 2.24) is 4.72 Å². The highest BCUT2D eigenvalue weighted by Crippen LogP contribution is 2.17. The quantitative estimate of drug-likeness (QED) is 0.832. The third-order valence-corrected chi connectivity index (χ3v) is 4.75. The first-order chi connectivity index (χ1) is 9.90. The summed E-state index contributed by atoms with van der Waals surface area (Å²) in [7, 11) is -3.62. The highest BCUT2D eigenvalue weighted by atomic mass is 32.2. The number of hydrogen-bond donors (Lipinski definition) is 2. The number of hydrogen-bond acceptors (Lipinski definition) is 3. The summed E-state index contributed by atoms with van der Waals surface area (Å²) in [5.74, 6) is -0.333. The number of anilines is 1. The lowest BCUT2D eigenvalue weighted by molar-refractivity contribution is 0.577.